The molecule has 0 bridgehead atoms. The molecule has 4 nitrogen and oxygen atoms in total. The van der Waals surface area contributed by atoms with Gasteiger partial charge in [0.25, 0.3) is 5.91 Å². The summed E-state index contributed by atoms with van der Waals surface area (Å²) in [7, 11) is 0. The van der Waals surface area contributed by atoms with E-state index < -0.39 is 0 Å². The van der Waals surface area contributed by atoms with Gasteiger partial charge in [0.05, 0.1) is 0 Å². The van der Waals surface area contributed by atoms with E-state index in [1.807, 2.05) is 25.1 Å². The predicted molar refractivity (Wildman–Crippen MR) is 80.6 cm³/mol. The van der Waals surface area contributed by atoms with Crippen LogP contribution in [0.5, 0.6) is 0 Å². The summed E-state index contributed by atoms with van der Waals surface area (Å²) in [4.78, 5) is 16.1. The second kappa shape index (κ2) is 7.22. The van der Waals surface area contributed by atoms with Crippen LogP contribution in [0.4, 0.5) is 0 Å². The zero-order valence-corrected chi connectivity index (χ0v) is 11.8. The fourth-order valence-corrected chi connectivity index (χ4v) is 1.82. The molecule has 21 heavy (non-hydrogen) atoms. The van der Waals surface area contributed by atoms with Crippen LogP contribution in [0.2, 0.25) is 0 Å². The van der Waals surface area contributed by atoms with E-state index >= 15 is 0 Å². The maximum Gasteiger partial charge on any atom is 0.251 e. The number of nitrogens with one attached hydrogen (secondary N) is 1. The Hall–Kier alpha value is -2.64. The third-order valence-electron chi connectivity index (χ3n) is 3.00. The van der Waals surface area contributed by atoms with E-state index in [9.17, 15) is 4.79 Å². The Morgan fingerprint density at radius 2 is 2.05 bits per heavy atom. The Kier molecular flexibility index (Phi) is 5.08. The van der Waals surface area contributed by atoms with Crippen LogP contribution < -0.4 is 5.32 Å². The van der Waals surface area contributed by atoms with Crippen LogP contribution in [0.1, 0.15) is 27.0 Å². The third kappa shape index (κ3) is 4.16. The highest BCUT2D eigenvalue weighted by atomic mass is 16.2. The molecule has 0 aliphatic rings. The average molecular weight is 280 g/mol. The molecule has 0 atom stereocenters. The molecular weight excluding hydrogens is 264 g/mol. The van der Waals surface area contributed by atoms with Crippen LogP contribution in [0.3, 0.4) is 0 Å². The number of benzene rings is 1. The molecule has 106 valence electrons. The molecule has 0 saturated carbocycles. The van der Waals surface area contributed by atoms with E-state index in [0.29, 0.717) is 12.1 Å². The van der Waals surface area contributed by atoms with Crippen molar-refractivity contribution in [2.75, 3.05) is 6.61 Å². The number of nitrogens with zero attached hydrogens (tertiary/aromatic N) is 1. The van der Waals surface area contributed by atoms with Crippen molar-refractivity contribution in [3.63, 3.8) is 0 Å². The minimum atomic E-state index is -0.197. The van der Waals surface area contributed by atoms with Gasteiger partial charge < -0.3 is 10.4 Å². The normalized spacial score (nSPS) is 9.62. The van der Waals surface area contributed by atoms with Gasteiger partial charge in [-0.05, 0) is 42.3 Å². The summed E-state index contributed by atoms with van der Waals surface area (Å²) < 4.78 is 0. The Balaban J connectivity index is 2.09. The summed E-state index contributed by atoms with van der Waals surface area (Å²) >= 11 is 0. The van der Waals surface area contributed by atoms with Gasteiger partial charge in [-0.15, -0.1) is 0 Å². The van der Waals surface area contributed by atoms with Crippen LogP contribution >= 0.6 is 0 Å². The summed E-state index contributed by atoms with van der Waals surface area (Å²) in [5.41, 5.74) is 3.27. The van der Waals surface area contributed by atoms with Crippen LogP contribution in [0.15, 0.2) is 42.7 Å². The standard InChI is InChI=1S/C17H16N2O2/c1-13-4-5-16(11-15(13)3-2-10-20)17(21)19-12-14-6-8-18-9-7-14/h4-9,11,20H,10,12H2,1H3,(H,19,21). The van der Waals surface area contributed by atoms with Crippen molar-refractivity contribution >= 4 is 5.91 Å². The molecule has 2 N–H and O–H groups in total. The number of hydrogen-bond acceptors (Lipinski definition) is 3. The van der Waals surface area contributed by atoms with Crippen molar-refractivity contribution in [3.05, 3.63) is 65.0 Å². The monoisotopic (exact) mass is 280 g/mol. The number of amides is 1. The number of aromatic nitrogens is 1. The van der Waals surface area contributed by atoms with Crippen molar-refractivity contribution in [1.29, 1.82) is 0 Å². The van der Waals surface area contributed by atoms with Gasteiger partial charge in [-0.1, -0.05) is 17.9 Å². The van der Waals surface area contributed by atoms with Crippen molar-refractivity contribution in [3.8, 4) is 11.8 Å². The number of aliphatic hydroxyl groups is 1. The van der Waals surface area contributed by atoms with Crippen molar-refractivity contribution in [2.45, 2.75) is 13.5 Å². The highest BCUT2D eigenvalue weighted by molar-refractivity contribution is 5.94. The summed E-state index contributed by atoms with van der Waals surface area (Å²) in [6.07, 6.45) is 3.38. The molecule has 1 aromatic carbocycles. The second-order valence-corrected chi connectivity index (χ2v) is 4.53. The van der Waals surface area contributed by atoms with Gasteiger partial charge >= 0.3 is 0 Å². The molecule has 0 aliphatic heterocycles. The van der Waals surface area contributed by atoms with Crippen LogP contribution in [-0.4, -0.2) is 22.6 Å². The smallest absolute Gasteiger partial charge is 0.251 e. The molecule has 0 fully saturated rings. The zero-order chi connectivity index (χ0) is 15.1. The first-order valence-electron chi connectivity index (χ1n) is 6.58. The van der Waals surface area contributed by atoms with Crippen LogP contribution in [0.25, 0.3) is 0 Å². The topological polar surface area (TPSA) is 62.2 Å². The van der Waals surface area contributed by atoms with Gasteiger partial charge in [0.1, 0.15) is 6.61 Å². The van der Waals surface area contributed by atoms with Crippen LogP contribution in [0, 0.1) is 18.8 Å². The van der Waals surface area contributed by atoms with Gasteiger partial charge in [-0.25, -0.2) is 0 Å². The minimum absolute atomic E-state index is 0.154. The zero-order valence-electron chi connectivity index (χ0n) is 11.8. The van der Waals surface area contributed by atoms with Gasteiger partial charge in [-0.3, -0.25) is 9.78 Å². The molecule has 0 radical (unpaired) electrons. The molecule has 2 aromatic rings. The fourth-order valence-electron chi connectivity index (χ4n) is 1.82. The summed E-state index contributed by atoms with van der Waals surface area (Å²) in [6, 6.07) is 9.06. The van der Waals surface area contributed by atoms with Gasteiger partial charge in [-0.2, -0.15) is 0 Å². The fraction of sp³-hybridized carbons (Fsp3) is 0.176. The first-order chi connectivity index (χ1) is 10.2. The van der Waals surface area contributed by atoms with E-state index in [0.717, 1.165) is 16.7 Å². The highest BCUT2D eigenvalue weighted by Crippen LogP contribution is 2.10. The molecule has 0 aliphatic carbocycles. The highest BCUT2D eigenvalue weighted by Gasteiger charge is 2.07. The van der Waals surface area contributed by atoms with Gasteiger partial charge in [0.2, 0.25) is 0 Å². The lowest BCUT2D eigenvalue weighted by molar-refractivity contribution is 0.0951. The lowest BCUT2D eigenvalue weighted by atomic mass is 10.0. The van der Waals surface area contributed by atoms with E-state index in [1.54, 1.807) is 24.5 Å². The van der Waals surface area contributed by atoms with E-state index in [4.69, 9.17) is 5.11 Å². The Bertz CT molecular complexity index is 685. The first kappa shape index (κ1) is 14.8. The Labute approximate surface area is 123 Å². The summed E-state index contributed by atoms with van der Waals surface area (Å²) in [6.45, 7) is 2.17. The maximum absolute atomic E-state index is 12.1. The van der Waals surface area contributed by atoms with E-state index in [-0.39, 0.29) is 12.5 Å². The predicted octanol–water partition coefficient (Wildman–Crippen LogP) is 1.66. The van der Waals surface area contributed by atoms with E-state index in [1.165, 1.54) is 0 Å². The maximum atomic E-state index is 12.1. The summed E-state index contributed by atoms with van der Waals surface area (Å²) in [5.74, 6) is 5.29. The second-order valence-electron chi connectivity index (χ2n) is 4.53. The quantitative estimate of drug-likeness (QED) is 0.841. The number of hydrogen-bond donors (Lipinski definition) is 2. The first-order valence-corrected chi connectivity index (χ1v) is 6.58. The molecule has 0 spiro atoms. The third-order valence-corrected chi connectivity index (χ3v) is 3.00. The molecule has 0 saturated heterocycles. The van der Waals surface area contributed by atoms with Crippen molar-refractivity contribution < 1.29 is 9.90 Å². The molecular formula is C17H16N2O2. The Morgan fingerprint density at radius 3 is 2.76 bits per heavy atom. The number of aryl methyl sites for hydroxylation is 1. The number of pyridine rings is 1. The molecule has 1 aromatic heterocycles. The van der Waals surface area contributed by atoms with Gasteiger partial charge in [0, 0.05) is 30.1 Å². The number of aliphatic hydroxyl groups excluding tert-OH is 1. The number of rotatable bonds is 3. The lowest BCUT2D eigenvalue weighted by Gasteiger charge is -2.07. The SMILES string of the molecule is Cc1ccc(C(=O)NCc2ccncc2)cc1C#CCO. The summed E-state index contributed by atoms with van der Waals surface area (Å²) in [5, 5.41) is 11.6. The minimum Gasteiger partial charge on any atom is -0.384 e. The Morgan fingerprint density at radius 1 is 1.29 bits per heavy atom. The van der Waals surface area contributed by atoms with Gasteiger partial charge in [0.15, 0.2) is 0 Å². The molecule has 2 rings (SSSR count). The average Bonchev–Trinajstić information content (AvgIpc) is 2.53. The number of carbonyl (C=O) groups is 1. The molecule has 0 unspecified atom stereocenters. The van der Waals surface area contributed by atoms with Crippen LogP contribution in [-0.2, 0) is 6.54 Å². The molecule has 4 heteroatoms. The van der Waals surface area contributed by atoms with Crippen molar-refractivity contribution in [2.24, 2.45) is 0 Å². The number of carbonyl (C=O) groups excluding carboxylic acids is 1. The molecule has 1 heterocycles. The molecule has 1 amide bonds. The van der Waals surface area contributed by atoms with Crippen molar-refractivity contribution in [1.82, 2.24) is 10.3 Å². The largest absolute Gasteiger partial charge is 0.384 e. The lowest BCUT2D eigenvalue weighted by Crippen LogP contribution is -2.22. The van der Waals surface area contributed by atoms with E-state index in [2.05, 4.69) is 22.1 Å².